The normalized spacial score (nSPS) is 10.1. The second-order valence-electron chi connectivity index (χ2n) is 3.11. The van der Waals surface area contributed by atoms with E-state index in [1.807, 2.05) is 0 Å². The van der Waals surface area contributed by atoms with Crippen LogP contribution in [-0.4, -0.2) is 24.7 Å². The second kappa shape index (κ2) is 4.25. The summed E-state index contributed by atoms with van der Waals surface area (Å²) in [4.78, 5) is 11.9. The Morgan fingerprint density at radius 1 is 1.40 bits per heavy atom. The third-order valence-electron chi connectivity index (χ3n) is 2.12. The molecule has 0 heterocycles. The van der Waals surface area contributed by atoms with Gasteiger partial charge in [0, 0.05) is 13.6 Å². The van der Waals surface area contributed by atoms with Gasteiger partial charge < -0.3 is 10.0 Å². The molecule has 0 aliphatic rings. The molecule has 0 fully saturated rings. The molecule has 1 aromatic rings. The van der Waals surface area contributed by atoms with Crippen molar-refractivity contribution in [3.63, 3.8) is 0 Å². The van der Waals surface area contributed by atoms with Crippen molar-refractivity contribution in [2.45, 2.75) is 6.92 Å². The molecule has 5 heteroatoms. The van der Waals surface area contributed by atoms with Gasteiger partial charge in [-0.25, -0.2) is 13.6 Å². The van der Waals surface area contributed by atoms with Crippen LogP contribution in [0.25, 0.3) is 0 Å². The van der Waals surface area contributed by atoms with E-state index in [1.54, 1.807) is 6.92 Å². The highest BCUT2D eigenvalue weighted by Crippen LogP contribution is 2.23. The first-order valence-electron chi connectivity index (χ1n) is 4.40. The maximum absolute atomic E-state index is 13.4. The van der Waals surface area contributed by atoms with Crippen molar-refractivity contribution < 1.29 is 18.7 Å². The summed E-state index contributed by atoms with van der Waals surface area (Å²) in [7, 11) is 1.53. The minimum Gasteiger partial charge on any atom is -0.478 e. The van der Waals surface area contributed by atoms with Crippen LogP contribution in [0.5, 0.6) is 0 Å². The predicted molar refractivity (Wildman–Crippen MR) is 52.3 cm³/mol. The molecule has 1 N–H and O–H groups in total. The maximum atomic E-state index is 13.4. The zero-order valence-corrected chi connectivity index (χ0v) is 8.42. The Balaban J connectivity index is 3.27. The quantitative estimate of drug-likeness (QED) is 0.839. The van der Waals surface area contributed by atoms with E-state index in [9.17, 15) is 13.6 Å². The van der Waals surface area contributed by atoms with E-state index in [1.165, 1.54) is 11.9 Å². The number of hydrogen-bond donors (Lipinski definition) is 1. The van der Waals surface area contributed by atoms with Crippen molar-refractivity contribution in [1.29, 1.82) is 0 Å². The molecule has 0 aromatic heterocycles. The Kier molecular flexibility index (Phi) is 3.24. The van der Waals surface area contributed by atoms with E-state index >= 15 is 0 Å². The van der Waals surface area contributed by atoms with Crippen LogP contribution in [0.1, 0.15) is 17.3 Å². The Bertz CT molecular complexity index is 370. The molecule has 15 heavy (non-hydrogen) atoms. The number of aromatic carboxylic acids is 1. The van der Waals surface area contributed by atoms with E-state index in [-0.39, 0.29) is 5.69 Å². The van der Waals surface area contributed by atoms with E-state index in [2.05, 4.69) is 0 Å². The van der Waals surface area contributed by atoms with E-state index in [4.69, 9.17) is 5.11 Å². The first-order chi connectivity index (χ1) is 6.97. The standard InChI is InChI=1S/C10H11F2NO2/c1-3-13(2)9-7(11)4-6(10(14)15)5-8(9)12/h4-5H,3H2,1-2H3,(H,14,15). The summed E-state index contributed by atoms with van der Waals surface area (Å²) in [5, 5.41) is 8.57. The van der Waals surface area contributed by atoms with Gasteiger partial charge in [0.2, 0.25) is 0 Å². The zero-order chi connectivity index (χ0) is 11.6. The highest BCUT2D eigenvalue weighted by Gasteiger charge is 2.16. The molecule has 0 amide bonds. The van der Waals surface area contributed by atoms with E-state index < -0.39 is 23.2 Å². The van der Waals surface area contributed by atoms with Crippen molar-refractivity contribution in [3.05, 3.63) is 29.3 Å². The molecule has 0 aliphatic heterocycles. The zero-order valence-electron chi connectivity index (χ0n) is 8.42. The summed E-state index contributed by atoms with van der Waals surface area (Å²) < 4.78 is 26.7. The lowest BCUT2D eigenvalue weighted by molar-refractivity contribution is 0.0696. The van der Waals surface area contributed by atoms with Gasteiger partial charge in [-0.1, -0.05) is 0 Å². The van der Waals surface area contributed by atoms with Crippen LogP contribution in [-0.2, 0) is 0 Å². The lowest BCUT2D eigenvalue weighted by atomic mass is 10.1. The fourth-order valence-corrected chi connectivity index (χ4v) is 1.21. The van der Waals surface area contributed by atoms with Crippen LogP contribution in [0.4, 0.5) is 14.5 Å². The largest absolute Gasteiger partial charge is 0.478 e. The summed E-state index contributed by atoms with van der Waals surface area (Å²) in [5.41, 5.74) is -0.597. The van der Waals surface area contributed by atoms with Crippen LogP contribution in [0.15, 0.2) is 12.1 Å². The number of hydrogen-bond acceptors (Lipinski definition) is 2. The minimum absolute atomic E-state index is 0.206. The van der Waals surface area contributed by atoms with Gasteiger partial charge in [0.1, 0.15) is 17.3 Å². The molecule has 0 bridgehead atoms. The Labute approximate surface area is 85.9 Å². The van der Waals surface area contributed by atoms with Gasteiger partial charge in [-0.3, -0.25) is 0 Å². The van der Waals surface area contributed by atoms with Gasteiger partial charge in [0.15, 0.2) is 0 Å². The van der Waals surface area contributed by atoms with Crippen molar-refractivity contribution in [3.8, 4) is 0 Å². The molecule has 0 aliphatic carbocycles. The lowest BCUT2D eigenvalue weighted by Gasteiger charge is -2.18. The number of halogens is 2. The molecule has 1 aromatic carbocycles. The van der Waals surface area contributed by atoms with Crippen molar-refractivity contribution in [2.24, 2.45) is 0 Å². The van der Waals surface area contributed by atoms with Crippen LogP contribution in [0.3, 0.4) is 0 Å². The fourth-order valence-electron chi connectivity index (χ4n) is 1.21. The Morgan fingerprint density at radius 3 is 2.20 bits per heavy atom. The number of anilines is 1. The molecule has 0 unspecified atom stereocenters. The monoisotopic (exact) mass is 215 g/mol. The molecule has 0 saturated carbocycles. The summed E-state index contributed by atoms with van der Waals surface area (Å²) >= 11 is 0. The van der Waals surface area contributed by atoms with Crippen LogP contribution < -0.4 is 4.90 Å². The molecule has 0 atom stereocenters. The van der Waals surface area contributed by atoms with Crippen LogP contribution in [0, 0.1) is 11.6 Å². The summed E-state index contributed by atoms with van der Waals surface area (Å²) in [6, 6.07) is 1.62. The van der Waals surface area contributed by atoms with E-state index in [0.29, 0.717) is 6.54 Å². The van der Waals surface area contributed by atoms with Crippen LogP contribution >= 0.6 is 0 Å². The van der Waals surface area contributed by atoms with Gasteiger partial charge >= 0.3 is 5.97 Å². The average Bonchev–Trinajstić information content (AvgIpc) is 2.16. The molecule has 1 rings (SSSR count). The van der Waals surface area contributed by atoms with Gasteiger partial charge in [0.25, 0.3) is 0 Å². The predicted octanol–water partition coefficient (Wildman–Crippen LogP) is 2.12. The smallest absolute Gasteiger partial charge is 0.335 e. The topological polar surface area (TPSA) is 40.5 Å². The number of benzene rings is 1. The van der Waals surface area contributed by atoms with E-state index in [0.717, 1.165) is 12.1 Å². The molecule has 0 radical (unpaired) electrons. The number of rotatable bonds is 3. The molecular formula is C10H11F2NO2. The summed E-state index contributed by atoms with van der Waals surface area (Å²) in [6.45, 7) is 2.17. The third kappa shape index (κ3) is 2.23. The van der Waals surface area contributed by atoms with Gasteiger partial charge in [-0.15, -0.1) is 0 Å². The fraction of sp³-hybridized carbons (Fsp3) is 0.300. The lowest BCUT2D eigenvalue weighted by Crippen LogP contribution is -2.19. The number of carboxylic acids is 1. The Hall–Kier alpha value is -1.65. The number of nitrogens with zero attached hydrogens (tertiary/aromatic N) is 1. The third-order valence-corrected chi connectivity index (χ3v) is 2.12. The highest BCUT2D eigenvalue weighted by atomic mass is 19.1. The van der Waals surface area contributed by atoms with Gasteiger partial charge in [0.05, 0.1) is 5.56 Å². The first kappa shape index (κ1) is 11.4. The first-order valence-corrected chi connectivity index (χ1v) is 4.40. The second-order valence-corrected chi connectivity index (χ2v) is 3.11. The minimum atomic E-state index is -1.35. The Morgan fingerprint density at radius 2 is 1.87 bits per heavy atom. The average molecular weight is 215 g/mol. The maximum Gasteiger partial charge on any atom is 0.335 e. The molecule has 3 nitrogen and oxygen atoms in total. The molecular weight excluding hydrogens is 204 g/mol. The highest BCUT2D eigenvalue weighted by molar-refractivity contribution is 5.88. The van der Waals surface area contributed by atoms with Crippen molar-refractivity contribution >= 4 is 11.7 Å². The van der Waals surface area contributed by atoms with Crippen molar-refractivity contribution in [1.82, 2.24) is 0 Å². The van der Waals surface area contributed by atoms with Gasteiger partial charge in [-0.2, -0.15) is 0 Å². The summed E-state index contributed by atoms with van der Waals surface area (Å²) in [6.07, 6.45) is 0. The molecule has 0 spiro atoms. The van der Waals surface area contributed by atoms with Crippen molar-refractivity contribution in [2.75, 3.05) is 18.5 Å². The summed E-state index contributed by atoms with van der Waals surface area (Å²) in [5.74, 6) is -3.08. The molecule has 0 saturated heterocycles. The SMILES string of the molecule is CCN(C)c1c(F)cc(C(=O)O)cc1F. The molecule has 82 valence electrons. The van der Waals surface area contributed by atoms with Crippen LogP contribution in [0.2, 0.25) is 0 Å². The number of carbonyl (C=O) groups is 1. The number of carboxylic acid groups (broad SMARTS) is 1. The van der Waals surface area contributed by atoms with Gasteiger partial charge in [-0.05, 0) is 19.1 Å².